The van der Waals surface area contributed by atoms with Crippen molar-refractivity contribution in [3.63, 3.8) is 0 Å². The van der Waals surface area contributed by atoms with Gasteiger partial charge in [0.2, 0.25) is 0 Å². The van der Waals surface area contributed by atoms with Gasteiger partial charge in [0.25, 0.3) is 0 Å². The van der Waals surface area contributed by atoms with Crippen LogP contribution in [-0.2, 0) is 6.54 Å². The average Bonchev–Trinajstić information content (AvgIpc) is 2.80. The maximum Gasteiger partial charge on any atom is 0.143 e. The standard InChI is InChI=1S/C17H18ClN3/c1-3-8-21-16-10-12(18)5-7-15(16)20-17(21)13-9-11(2)4-6-14(13)19/h4-7,9-10H,3,8,19H2,1-2H3. The number of aryl methyl sites for hydroxylation is 2. The summed E-state index contributed by atoms with van der Waals surface area (Å²) in [5, 5.41) is 0.725. The van der Waals surface area contributed by atoms with Crippen molar-refractivity contribution in [1.82, 2.24) is 9.55 Å². The number of anilines is 1. The fourth-order valence-electron chi connectivity index (χ4n) is 2.62. The molecule has 3 rings (SSSR count). The molecule has 1 aromatic heterocycles. The summed E-state index contributed by atoms with van der Waals surface area (Å²) in [7, 11) is 0. The second-order valence-corrected chi connectivity index (χ2v) is 5.75. The molecule has 0 aliphatic rings. The van der Waals surface area contributed by atoms with Crippen molar-refractivity contribution in [2.45, 2.75) is 26.8 Å². The molecule has 3 aromatic rings. The van der Waals surface area contributed by atoms with Crippen LogP contribution in [0.2, 0.25) is 5.02 Å². The molecule has 0 atom stereocenters. The Morgan fingerprint density at radius 3 is 2.76 bits per heavy atom. The van der Waals surface area contributed by atoms with Gasteiger partial charge in [0, 0.05) is 22.8 Å². The molecule has 4 heteroatoms. The molecule has 2 aromatic carbocycles. The number of nitrogen functional groups attached to an aromatic ring is 1. The molecule has 21 heavy (non-hydrogen) atoms. The third-order valence-corrected chi connectivity index (χ3v) is 3.84. The number of aromatic nitrogens is 2. The quantitative estimate of drug-likeness (QED) is 0.715. The summed E-state index contributed by atoms with van der Waals surface area (Å²) in [6, 6.07) is 11.8. The molecule has 0 spiro atoms. The first-order chi connectivity index (χ1) is 10.1. The van der Waals surface area contributed by atoms with Gasteiger partial charge in [-0.3, -0.25) is 0 Å². The monoisotopic (exact) mass is 299 g/mol. The van der Waals surface area contributed by atoms with Gasteiger partial charge >= 0.3 is 0 Å². The van der Waals surface area contributed by atoms with E-state index in [4.69, 9.17) is 22.3 Å². The second kappa shape index (κ2) is 5.41. The molecule has 1 heterocycles. The van der Waals surface area contributed by atoms with E-state index in [2.05, 4.69) is 24.5 Å². The number of benzene rings is 2. The summed E-state index contributed by atoms with van der Waals surface area (Å²) >= 11 is 6.14. The number of fused-ring (bicyclic) bond motifs is 1. The van der Waals surface area contributed by atoms with Crippen molar-refractivity contribution in [2.24, 2.45) is 0 Å². The zero-order valence-corrected chi connectivity index (χ0v) is 13.0. The summed E-state index contributed by atoms with van der Waals surface area (Å²) in [4.78, 5) is 4.77. The molecule has 0 unspecified atom stereocenters. The first-order valence-electron chi connectivity index (χ1n) is 7.12. The van der Waals surface area contributed by atoms with Crippen LogP contribution in [0, 0.1) is 6.92 Å². The van der Waals surface area contributed by atoms with Gasteiger partial charge in [-0.15, -0.1) is 0 Å². The highest BCUT2D eigenvalue weighted by Gasteiger charge is 2.14. The maximum atomic E-state index is 6.16. The Bertz CT molecular complexity index is 805. The van der Waals surface area contributed by atoms with E-state index in [0.29, 0.717) is 0 Å². The molecule has 0 aliphatic heterocycles. The molecule has 0 saturated heterocycles. The normalized spacial score (nSPS) is 11.2. The first kappa shape index (κ1) is 14.0. The second-order valence-electron chi connectivity index (χ2n) is 5.31. The molecule has 0 fully saturated rings. The minimum atomic E-state index is 0.725. The molecule has 0 bridgehead atoms. The molecule has 0 saturated carbocycles. The van der Waals surface area contributed by atoms with E-state index in [1.165, 1.54) is 5.56 Å². The van der Waals surface area contributed by atoms with Gasteiger partial charge in [-0.1, -0.05) is 30.2 Å². The minimum absolute atomic E-state index is 0.725. The van der Waals surface area contributed by atoms with Crippen LogP contribution in [0.5, 0.6) is 0 Å². The molecule has 108 valence electrons. The summed E-state index contributed by atoms with van der Waals surface area (Å²) in [5.74, 6) is 0.912. The summed E-state index contributed by atoms with van der Waals surface area (Å²) in [6.45, 7) is 5.10. The van der Waals surface area contributed by atoms with Crippen LogP contribution < -0.4 is 5.73 Å². The predicted molar refractivity (Wildman–Crippen MR) is 89.6 cm³/mol. The van der Waals surface area contributed by atoms with Gasteiger partial charge in [0.1, 0.15) is 5.82 Å². The Kier molecular flexibility index (Phi) is 3.60. The topological polar surface area (TPSA) is 43.8 Å². The highest BCUT2D eigenvalue weighted by Crippen LogP contribution is 2.31. The van der Waals surface area contributed by atoms with Crippen molar-refractivity contribution < 1.29 is 0 Å². The van der Waals surface area contributed by atoms with Crippen LogP contribution in [0.3, 0.4) is 0 Å². The van der Waals surface area contributed by atoms with Crippen LogP contribution in [0.25, 0.3) is 22.4 Å². The molecule has 3 nitrogen and oxygen atoms in total. The van der Waals surface area contributed by atoms with Crippen LogP contribution in [0.15, 0.2) is 36.4 Å². The number of imidazole rings is 1. The smallest absolute Gasteiger partial charge is 0.143 e. The van der Waals surface area contributed by atoms with E-state index in [-0.39, 0.29) is 0 Å². The van der Waals surface area contributed by atoms with Crippen molar-refractivity contribution in [1.29, 1.82) is 0 Å². The van der Waals surface area contributed by atoms with Gasteiger partial charge in [-0.05, 0) is 43.7 Å². The van der Waals surface area contributed by atoms with E-state index in [9.17, 15) is 0 Å². The molecular formula is C17H18ClN3. The molecule has 0 aliphatic carbocycles. The van der Waals surface area contributed by atoms with Crippen molar-refractivity contribution in [2.75, 3.05) is 5.73 Å². The highest BCUT2D eigenvalue weighted by atomic mass is 35.5. The Balaban J connectivity index is 2.30. The van der Waals surface area contributed by atoms with Crippen molar-refractivity contribution in [3.8, 4) is 11.4 Å². The number of halogens is 1. The van der Waals surface area contributed by atoms with E-state index in [1.807, 2.05) is 30.3 Å². The SMILES string of the molecule is CCCn1c(-c2cc(C)ccc2N)nc2ccc(Cl)cc21. The highest BCUT2D eigenvalue weighted by molar-refractivity contribution is 6.31. The zero-order chi connectivity index (χ0) is 15.0. The van der Waals surface area contributed by atoms with Crippen molar-refractivity contribution >= 4 is 28.3 Å². The van der Waals surface area contributed by atoms with Gasteiger partial charge in [0.15, 0.2) is 0 Å². The van der Waals surface area contributed by atoms with Crippen molar-refractivity contribution in [3.05, 3.63) is 47.0 Å². The van der Waals surface area contributed by atoms with E-state index >= 15 is 0 Å². The van der Waals surface area contributed by atoms with Crippen LogP contribution in [0.1, 0.15) is 18.9 Å². The average molecular weight is 300 g/mol. The van der Waals surface area contributed by atoms with E-state index in [1.54, 1.807) is 0 Å². The lowest BCUT2D eigenvalue weighted by Gasteiger charge is -2.10. The number of nitrogens with zero attached hydrogens (tertiary/aromatic N) is 2. The molecule has 0 radical (unpaired) electrons. The zero-order valence-electron chi connectivity index (χ0n) is 12.2. The third kappa shape index (κ3) is 2.49. The Hall–Kier alpha value is -2.00. The van der Waals surface area contributed by atoms with Gasteiger partial charge < -0.3 is 10.3 Å². The Labute approximate surface area is 129 Å². The summed E-state index contributed by atoms with van der Waals surface area (Å²) < 4.78 is 2.20. The van der Waals surface area contributed by atoms with Crippen LogP contribution >= 0.6 is 11.6 Å². The van der Waals surface area contributed by atoms with Gasteiger partial charge in [-0.2, -0.15) is 0 Å². The lowest BCUT2D eigenvalue weighted by Crippen LogP contribution is -2.02. The molecular weight excluding hydrogens is 282 g/mol. The third-order valence-electron chi connectivity index (χ3n) is 3.61. The summed E-state index contributed by atoms with van der Waals surface area (Å²) in [6.07, 6.45) is 1.02. The van der Waals surface area contributed by atoms with Crippen LogP contribution in [0.4, 0.5) is 5.69 Å². The number of nitrogens with two attached hydrogens (primary N) is 1. The number of hydrogen-bond acceptors (Lipinski definition) is 2. The maximum absolute atomic E-state index is 6.16. The van der Waals surface area contributed by atoms with E-state index < -0.39 is 0 Å². The van der Waals surface area contributed by atoms with Crippen LogP contribution in [-0.4, -0.2) is 9.55 Å². The summed E-state index contributed by atoms with van der Waals surface area (Å²) in [5.41, 5.74) is 11.1. The number of rotatable bonds is 3. The van der Waals surface area contributed by atoms with E-state index in [0.717, 1.165) is 46.1 Å². The Morgan fingerprint density at radius 2 is 2.00 bits per heavy atom. The largest absolute Gasteiger partial charge is 0.398 e. The Morgan fingerprint density at radius 1 is 1.19 bits per heavy atom. The van der Waals surface area contributed by atoms with Gasteiger partial charge in [0.05, 0.1) is 11.0 Å². The predicted octanol–water partition coefficient (Wildman–Crippen LogP) is 4.66. The molecule has 0 amide bonds. The fraction of sp³-hybridized carbons (Fsp3) is 0.235. The lowest BCUT2D eigenvalue weighted by molar-refractivity contribution is 0.704. The lowest BCUT2D eigenvalue weighted by atomic mass is 10.1. The van der Waals surface area contributed by atoms with Gasteiger partial charge in [-0.25, -0.2) is 4.98 Å². The molecule has 2 N–H and O–H groups in total. The first-order valence-corrected chi connectivity index (χ1v) is 7.50. The fourth-order valence-corrected chi connectivity index (χ4v) is 2.78. The number of hydrogen-bond donors (Lipinski definition) is 1. The minimum Gasteiger partial charge on any atom is -0.398 e.